The molecular weight excluding hydrogens is 521 g/mol. The van der Waals surface area contributed by atoms with Crippen LogP contribution in [0, 0.1) is 0 Å². The zero-order valence-corrected chi connectivity index (χ0v) is 22.3. The first kappa shape index (κ1) is 28.7. The first-order valence-electron chi connectivity index (χ1n) is 11.9. The molecule has 3 atom stereocenters. The van der Waals surface area contributed by atoms with Crippen molar-refractivity contribution in [3.05, 3.63) is 99.5 Å². The van der Waals surface area contributed by atoms with E-state index in [-0.39, 0.29) is 24.4 Å². The average molecular weight is 553 g/mol. The van der Waals surface area contributed by atoms with Crippen LogP contribution in [-0.2, 0) is 22.7 Å². The van der Waals surface area contributed by atoms with Gasteiger partial charge in [0.15, 0.2) is 0 Å². The molecule has 1 heterocycles. The summed E-state index contributed by atoms with van der Waals surface area (Å²) in [5, 5.41) is 15.1. The van der Waals surface area contributed by atoms with Crippen LogP contribution in [-0.4, -0.2) is 43.6 Å². The summed E-state index contributed by atoms with van der Waals surface area (Å²) in [4.78, 5) is 0. The second-order valence-electron chi connectivity index (χ2n) is 8.65. The van der Waals surface area contributed by atoms with Crippen LogP contribution in [0.5, 0.6) is 5.75 Å². The van der Waals surface area contributed by atoms with Crippen molar-refractivity contribution in [3.63, 3.8) is 0 Å². The number of aliphatic hydroxyl groups excluding tert-OH is 1. The zero-order chi connectivity index (χ0) is 24.5. The molecular formula is C28H32Cl3NO4. The first-order chi connectivity index (χ1) is 17.1. The summed E-state index contributed by atoms with van der Waals surface area (Å²) in [5.41, 5.74) is 3.05. The summed E-state index contributed by atoms with van der Waals surface area (Å²) in [6.07, 6.45) is 0.0621. The molecule has 36 heavy (non-hydrogen) atoms. The largest absolute Gasteiger partial charge is 0.494 e. The van der Waals surface area contributed by atoms with Gasteiger partial charge in [0.2, 0.25) is 0 Å². The highest BCUT2D eigenvalue weighted by atomic mass is 35.5. The van der Waals surface area contributed by atoms with Crippen molar-refractivity contribution in [1.82, 2.24) is 5.32 Å². The lowest BCUT2D eigenvalue weighted by atomic mass is 9.85. The number of aliphatic hydroxyl groups is 1. The average Bonchev–Trinajstić information content (AvgIpc) is 2.87. The van der Waals surface area contributed by atoms with Crippen LogP contribution in [0.15, 0.2) is 72.8 Å². The highest BCUT2D eigenvalue weighted by molar-refractivity contribution is 6.35. The van der Waals surface area contributed by atoms with E-state index in [1.807, 2.05) is 48.5 Å². The van der Waals surface area contributed by atoms with E-state index in [2.05, 4.69) is 17.4 Å². The molecule has 3 aromatic rings. The van der Waals surface area contributed by atoms with Gasteiger partial charge < -0.3 is 24.6 Å². The maximum Gasteiger partial charge on any atom is 0.119 e. The molecule has 0 bridgehead atoms. The Morgan fingerprint density at radius 1 is 0.889 bits per heavy atom. The molecule has 8 heteroatoms. The summed E-state index contributed by atoms with van der Waals surface area (Å²) >= 11 is 12.3. The Kier molecular flexibility index (Phi) is 11.8. The molecule has 1 saturated heterocycles. The van der Waals surface area contributed by atoms with E-state index in [1.165, 1.54) is 5.56 Å². The molecule has 4 rings (SSSR count). The third kappa shape index (κ3) is 8.35. The van der Waals surface area contributed by atoms with E-state index in [0.29, 0.717) is 49.6 Å². The number of piperidine rings is 1. The molecule has 2 N–H and O–H groups in total. The third-order valence-electron chi connectivity index (χ3n) is 6.06. The number of hydrogen-bond donors (Lipinski definition) is 2. The maximum atomic E-state index is 10.7. The van der Waals surface area contributed by atoms with Crippen molar-refractivity contribution >= 4 is 35.6 Å². The number of hydrogen-bond acceptors (Lipinski definition) is 5. The number of benzene rings is 3. The van der Waals surface area contributed by atoms with E-state index < -0.39 is 6.10 Å². The zero-order valence-electron chi connectivity index (χ0n) is 19.9. The van der Waals surface area contributed by atoms with Gasteiger partial charge in [-0.3, -0.25) is 0 Å². The Labute approximate surface area is 229 Å². The smallest absolute Gasteiger partial charge is 0.119 e. The normalized spacial score (nSPS) is 19.5. The van der Waals surface area contributed by atoms with Crippen molar-refractivity contribution in [3.8, 4) is 5.75 Å². The number of nitrogens with one attached hydrogen (secondary N) is 1. The van der Waals surface area contributed by atoms with Gasteiger partial charge >= 0.3 is 0 Å². The van der Waals surface area contributed by atoms with Gasteiger partial charge in [0, 0.05) is 35.5 Å². The quantitative estimate of drug-likeness (QED) is 0.284. The lowest BCUT2D eigenvalue weighted by molar-refractivity contribution is -0.0328. The van der Waals surface area contributed by atoms with E-state index in [4.69, 9.17) is 37.4 Å². The van der Waals surface area contributed by atoms with Crippen molar-refractivity contribution in [2.75, 3.05) is 26.3 Å². The Hall–Kier alpha value is -1.83. The summed E-state index contributed by atoms with van der Waals surface area (Å²) in [7, 11) is 0. The third-order valence-corrected chi connectivity index (χ3v) is 6.65. The minimum Gasteiger partial charge on any atom is -0.494 e. The summed E-state index contributed by atoms with van der Waals surface area (Å²) in [5.74, 6) is 0.647. The van der Waals surface area contributed by atoms with Gasteiger partial charge in [0.25, 0.3) is 0 Å². The van der Waals surface area contributed by atoms with E-state index in [0.717, 1.165) is 23.3 Å². The maximum absolute atomic E-state index is 10.7. The minimum atomic E-state index is -0.553. The molecule has 3 unspecified atom stereocenters. The molecule has 0 aromatic heterocycles. The molecule has 0 saturated carbocycles. The predicted molar refractivity (Wildman–Crippen MR) is 147 cm³/mol. The van der Waals surface area contributed by atoms with Crippen LogP contribution < -0.4 is 10.1 Å². The van der Waals surface area contributed by atoms with Crippen molar-refractivity contribution in [2.24, 2.45) is 0 Å². The fourth-order valence-electron chi connectivity index (χ4n) is 4.21. The SMILES string of the molecule is Cl.OC1CNCC(OCc2ccc(Cl)cc2Cl)C1c1ccc(OCCCOCc2ccccc2)cc1. The summed E-state index contributed by atoms with van der Waals surface area (Å²) in [6.45, 7) is 3.35. The van der Waals surface area contributed by atoms with Crippen LogP contribution in [0.3, 0.4) is 0 Å². The molecule has 0 amide bonds. The number of rotatable bonds is 11. The van der Waals surface area contributed by atoms with Crippen molar-refractivity contribution < 1.29 is 19.3 Å². The standard InChI is InChI=1S/C28H31Cl2NO4.ClH/c29-23-10-7-22(25(30)15-23)19-35-27-17-31-16-26(32)28(27)21-8-11-24(12-9-21)34-14-4-13-33-18-20-5-2-1-3-6-20;/h1-3,5-12,15,26-28,31-32H,4,13-14,16-19H2;1H. The van der Waals surface area contributed by atoms with E-state index in [1.54, 1.807) is 12.1 Å². The van der Waals surface area contributed by atoms with Crippen LogP contribution in [0.25, 0.3) is 0 Å². The van der Waals surface area contributed by atoms with Gasteiger partial charge in [-0.1, -0.05) is 71.7 Å². The van der Waals surface area contributed by atoms with Crippen molar-refractivity contribution in [2.45, 2.75) is 37.8 Å². The number of ether oxygens (including phenoxy) is 3. The van der Waals surface area contributed by atoms with Gasteiger partial charge in [0.1, 0.15) is 5.75 Å². The molecule has 1 aliphatic heterocycles. The Morgan fingerprint density at radius 2 is 1.67 bits per heavy atom. The number of β-amino-alcohol motifs (C(OH)–C–C–N with tert-alkyl or cyclic N) is 1. The fraction of sp³-hybridized carbons (Fsp3) is 0.357. The minimum absolute atomic E-state index is 0. The molecule has 5 nitrogen and oxygen atoms in total. The molecule has 1 fully saturated rings. The highest BCUT2D eigenvalue weighted by Gasteiger charge is 2.34. The first-order valence-corrected chi connectivity index (χ1v) is 12.6. The topological polar surface area (TPSA) is 60.0 Å². The molecule has 3 aromatic carbocycles. The Morgan fingerprint density at radius 3 is 2.42 bits per heavy atom. The van der Waals surface area contributed by atoms with Gasteiger partial charge in [-0.25, -0.2) is 0 Å². The lowest BCUT2D eigenvalue weighted by Gasteiger charge is -2.36. The van der Waals surface area contributed by atoms with Crippen LogP contribution in [0.2, 0.25) is 10.0 Å². The lowest BCUT2D eigenvalue weighted by Crippen LogP contribution is -2.49. The van der Waals surface area contributed by atoms with Crippen molar-refractivity contribution in [1.29, 1.82) is 0 Å². The molecule has 0 aliphatic carbocycles. The van der Waals surface area contributed by atoms with Crippen LogP contribution >= 0.6 is 35.6 Å². The predicted octanol–water partition coefficient (Wildman–Crippen LogP) is 6.03. The van der Waals surface area contributed by atoms with Gasteiger partial charge in [-0.05, 0) is 41.0 Å². The second kappa shape index (κ2) is 14.8. The monoisotopic (exact) mass is 551 g/mol. The van der Waals surface area contributed by atoms with Crippen LogP contribution in [0.1, 0.15) is 29.0 Å². The van der Waals surface area contributed by atoms with Gasteiger partial charge in [-0.2, -0.15) is 0 Å². The summed E-state index contributed by atoms with van der Waals surface area (Å²) < 4.78 is 17.8. The Balaban J connectivity index is 0.00000361. The van der Waals surface area contributed by atoms with Gasteiger partial charge in [-0.15, -0.1) is 12.4 Å². The fourth-order valence-corrected chi connectivity index (χ4v) is 4.67. The number of halogens is 3. The van der Waals surface area contributed by atoms with Gasteiger partial charge in [0.05, 0.1) is 38.6 Å². The van der Waals surface area contributed by atoms with E-state index in [9.17, 15) is 5.11 Å². The summed E-state index contributed by atoms with van der Waals surface area (Å²) in [6, 6.07) is 23.4. The molecule has 0 radical (unpaired) electrons. The molecule has 1 aliphatic rings. The highest BCUT2D eigenvalue weighted by Crippen LogP contribution is 2.31. The van der Waals surface area contributed by atoms with Crippen LogP contribution in [0.4, 0.5) is 0 Å². The Bertz CT molecular complexity index is 1050. The molecule has 194 valence electrons. The van der Waals surface area contributed by atoms with E-state index >= 15 is 0 Å². The molecule has 0 spiro atoms. The second-order valence-corrected chi connectivity index (χ2v) is 9.49.